The number of halogens is 2. The number of pyridine rings is 1. The smallest absolute Gasteiger partial charge is 0.328 e. The van der Waals surface area contributed by atoms with Gasteiger partial charge in [0.25, 0.3) is 5.56 Å². The molecule has 1 aliphatic heterocycles. The van der Waals surface area contributed by atoms with Crippen LogP contribution in [-0.2, 0) is 0 Å². The Bertz CT molecular complexity index is 1400. The minimum Gasteiger partial charge on any atom is -0.490 e. The number of hydrogen-bond acceptors (Lipinski definition) is 6. The predicted molar refractivity (Wildman–Crippen MR) is 108 cm³/mol. The molecule has 1 aromatic carbocycles. The standard InChI is InChI=1S/C19H14ClFN6O3/c20-9-6-12(17(28)22-7-9)24-18-23-8-13-16(26-18)27(19(29)25-13)14-4-5-30-15-10(14)2-1-3-11(15)21/h1-3,6-8,14H,4-5H2,(H,22,28)(H,25,29)(H,23,24,26)/t14-/m1/s1. The maximum Gasteiger partial charge on any atom is 0.328 e. The first-order valence-electron chi connectivity index (χ1n) is 9.05. The van der Waals surface area contributed by atoms with Gasteiger partial charge in [-0.05, 0) is 12.1 Å². The van der Waals surface area contributed by atoms with Crippen molar-refractivity contribution in [3.05, 3.63) is 73.9 Å². The number of fused-ring (bicyclic) bond motifs is 2. The monoisotopic (exact) mass is 428 g/mol. The van der Waals surface area contributed by atoms with E-state index in [1.54, 1.807) is 12.1 Å². The van der Waals surface area contributed by atoms with Crippen LogP contribution in [0.25, 0.3) is 11.2 Å². The Morgan fingerprint density at radius 2 is 2.20 bits per heavy atom. The molecule has 11 heteroatoms. The maximum absolute atomic E-state index is 14.2. The molecular formula is C19H14ClFN6O3. The average molecular weight is 429 g/mol. The second-order valence-electron chi connectivity index (χ2n) is 6.73. The molecule has 3 N–H and O–H groups in total. The number of anilines is 2. The fourth-order valence-electron chi connectivity index (χ4n) is 3.57. The molecule has 4 heterocycles. The van der Waals surface area contributed by atoms with Gasteiger partial charge in [0, 0.05) is 18.2 Å². The van der Waals surface area contributed by atoms with Crippen LogP contribution in [0.4, 0.5) is 16.0 Å². The molecule has 30 heavy (non-hydrogen) atoms. The SMILES string of the molecule is O=c1[nH]cc(Cl)cc1Nc1ncc2[nH]c(=O)n([C@@H]3CCOc4c(F)cccc43)c2n1. The average Bonchev–Trinajstić information content (AvgIpc) is 3.06. The molecule has 0 bridgehead atoms. The van der Waals surface area contributed by atoms with Crippen LogP contribution in [0.1, 0.15) is 18.0 Å². The summed E-state index contributed by atoms with van der Waals surface area (Å²) in [6.07, 6.45) is 3.27. The highest BCUT2D eigenvalue weighted by atomic mass is 35.5. The van der Waals surface area contributed by atoms with Gasteiger partial charge < -0.3 is 20.0 Å². The number of hydrogen-bond donors (Lipinski definition) is 3. The maximum atomic E-state index is 14.2. The summed E-state index contributed by atoms with van der Waals surface area (Å²) in [4.78, 5) is 38.5. The Kier molecular flexibility index (Phi) is 4.28. The minimum absolute atomic E-state index is 0.106. The second kappa shape index (κ2) is 6.99. The summed E-state index contributed by atoms with van der Waals surface area (Å²) in [5, 5.41) is 3.14. The third-order valence-electron chi connectivity index (χ3n) is 4.88. The van der Waals surface area contributed by atoms with Gasteiger partial charge in [0.05, 0.1) is 23.9 Å². The van der Waals surface area contributed by atoms with Gasteiger partial charge in [0.2, 0.25) is 5.95 Å². The Balaban J connectivity index is 1.62. The van der Waals surface area contributed by atoms with Gasteiger partial charge in [-0.25, -0.2) is 14.2 Å². The molecular weight excluding hydrogens is 415 g/mol. The van der Waals surface area contributed by atoms with Crippen molar-refractivity contribution >= 4 is 34.4 Å². The topological polar surface area (TPSA) is 118 Å². The molecule has 0 aliphatic carbocycles. The summed E-state index contributed by atoms with van der Waals surface area (Å²) in [5.41, 5.74) is 0.643. The van der Waals surface area contributed by atoms with Crippen molar-refractivity contribution in [3.63, 3.8) is 0 Å². The molecule has 0 fully saturated rings. The van der Waals surface area contributed by atoms with Crippen LogP contribution in [0.5, 0.6) is 5.75 Å². The number of nitrogens with zero attached hydrogens (tertiary/aromatic N) is 3. The van der Waals surface area contributed by atoms with E-state index in [0.717, 1.165) is 0 Å². The third-order valence-corrected chi connectivity index (χ3v) is 5.10. The lowest BCUT2D eigenvalue weighted by atomic mass is 10.00. The zero-order valence-corrected chi connectivity index (χ0v) is 16.0. The molecule has 9 nitrogen and oxygen atoms in total. The molecule has 152 valence electrons. The summed E-state index contributed by atoms with van der Waals surface area (Å²) >= 11 is 5.92. The van der Waals surface area contributed by atoms with Crippen molar-refractivity contribution in [2.24, 2.45) is 0 Å². The minimum atomic E-state index is -0.484. The van der Waals surface area contributed by atoms with Crippen LogP contribution >= 0.6 is 11.6 Å². The number of imidazole rings is 1. The lowest BCUT2D eigenvalue weighted by molar-refractivity contribution is 0.244. The van der Waals surface area contributed by atoms with Crippen LogP contribution in [-0.4, -0.2) is 31.1 Å². The molecule has 0 amide bonds. The van der Waals surface area contributed by atoms with Crippen LogP contribution in [0.2, 0.25) is 5.02 Å². The number of nitrogens with one attached hydrogen (secondary N) is 3. The molecule has 0 saturated heterocycles. The van der Waals surface area contributed by atoms with E-state index in [9.17, 15) is 14.0 Å². The highest BCUT2D eigenvalue weighted by molar-refractivity contribution is 6.30. The largest absolute Gasteiger partial charge is 0.490 e. The van der Waals surface area contributed by atoms with Gasteiger partial charge in [-0.1, -0.05) is 23.7 Å². The van der Waals surface area contributed by atoms with Crippen molar-refractivity contribution in [3.8, 4) is 5.75 Å². The molecule has 0 saturated carbocycles. The Morgan fingerprint density at radius 1 is 1.33 bits per heavy atom. The van der Waals surface area contributed by atoms with Gasteiger partial charge in [-0.2, -0.15) is 4.98 Å². The van der Waals surface area contributed by atoms with Crippen molar-refractivity contribution in [2.45, 2.75) is 12.5 Å². The first kappa shape index (κ1) is 18.4. The van der Waals surface area contributed by atoms with E-state index in [0.29, 0.717) is 28.2 Å². The summed E-state index contributed by atoms with van der Waals surface area (Å²) in [7, 11) is 0. The van der Waals surface area contributed by atoms with E-state index < -0.39 is 23.1 Å². The van der Waals surface area contributed by atoms with Crippen LogP contribution < -0.4 is 21.3 Å². The first-order chi connectivity index (χ1) is 14.5. The van der Waals surface area contributed by atoms with Crippen molar-refractivity contribution in [1.29, 1.82) is 0 Å². The Hall–Kier alpha value is -3.66. The van der Waals surface area contributed by atoms with Crippen LogP contribution in [0.15, 0.2) is 46.2 Å². The Labute approximate surface area is 172 Å². The zero-order valence-electron chi connectivity index (χ0n) is 15.3. The van der Waals surface area contributed by atoms with E-state index in [4.69, 9.17) is 16.3 Å². The molecule has 4 aromatic rings. The number of aromatic amines is 2. The van der Waals surface area contributed by atoms with Gasteiger partial charge in [0.1, 0.15) is 11.2 Å². The van der Waals surface area contributed by atoms with Crippen molar-refractivity contribution < 1.29 is 9.13 Å². The summed E-state index contributed by atoms with van der Waals surface area (Å²) < 4.78 is 21.1. The number of para-hydroxylation sites is 1. The highest BCUT2D eigenvalue weighted by Gasteiger charge is 2.28. The van der Waals surface area contributed by atoms with Gasteiger partial charge in [-0.3, -0.25) is 9.36 Å². The number of H-pyrrole nitrogens is 2. The van der Waals surface area contributed by atoms with E-state index >= 15 is 0 Å². The molecule has 0 unspecified atom stereocenters. The number of aromatic nitrogens is 5. The molecule has 1 aliphatic rings. The van der Waals surface area contributed by atoms with E-state index in [2.05, 4.69) is 25.3 Å². The molecule has 1 atom stereocenters. The van der Waals surface area contributed by atoms with Crippen LogP contribution in [0, 0.1) is 5.82 Å². The van der Waals surface area contributed by atoms with E-state index in [1.165, 1.54) is 29.1 Å². The zero-order chi connectivity index (χ0) is 20.8. The summed E-state index contributed by atoms with van der Waals surface area (Å²) in [5.74, 6) is -0.246. The molecule has 0 radical (unpaired) electrons. The lowest BCUT2D eigenvalue weighted by Gasteiger charge is -2.26. The third kappa shape index (κ3) is 3.01. The molecule has 3 aromatic heterocycles. The Morgan fingerprint density at radius 3 is 3.07 bits per heavy atom. The van der Waals surface area contributed by atoms with Crippen molar-refractivity contribution in [1.82, 2.24) is 24.5 Å². The van der Waals surface area contributed by atoms with E-state index in [1.807, 2.05) is 0 Å². The number of benzene rings is 1. The van der Waals surface area contributed by atoms with Gasteiger partial charge in [0.15, 0.2) is 17.2 Å². The fraction of sp³-hybridized carbons (Fsp3) is 0.158. The van der Waals surface area contributed by atoms with E-state index in [-0.39, 0.29) is 24.0 Å². The van der Waals surface area contributed by atoms with Crippen LogP contribution in [0.3, 0.4) is 0 Å². The number of rotatable bonds is 3. The normalized spacial score (nSPS) is 15.6. The molecule has 0 spiro atoms. The second-order valence-corrected chi connectivity index (χ2v) is 7.16. The predicted octanol–water partition coefficient (Wildman–Crippen LogP) is 2.72. The van der Waals surface area contributed by atoms with Gasteiger partial charge >= 0.3 is 5.69 Å². The van der Waals surface area contributed by atoms with Gasteiger partial charge in [-0.15, -0.1) is 0 Å². The summed E-state index contributed by atoms with van der Waals surface area (Å²) in [6, 6.07) is 5.58. The highest BCUT2D eigenvalue weighted by Crippen LogP contribution is 2.36. The fourth-order valence-corrected chi connectivity index (χ4v) is 3.74. The quantitative estimate of drug-likeness (QED) is 0.462. The number of ether oxygens (including phenoxy) is 1. The first-order valence-corrected chi connectivity index (χ1v) is 9.43. The summed E-state index contributed by atoms with van der Waals surface area (Å²) in [6.45, 7) is 0.256. The molecule has 5 rings (SSSR count). The van der Waals surface area contributed by atoms with Crippen molar-refractivity contribution in [2.75, 3.05) is 11.9 Å². The lowest BCUT2D eigenvalue weighted by Crippen LogP contribution is -2.28.